The van der Waals surface area contributed by atoms with Crippen LogP contribution in [0.15, 0.2) is 0 Å². The van der Waals surface area contributed by atoms with Crippen LogP contribution in [0.3, 0.4) is 0 Å². The standard InChI is InChI=1S/C7H12O6/c1-3(8)13-7-6(11)5(10)4(9)2-12-7/h4-7,9-11H,2H2,1H3/t4-,5-,6-,7+/m1/s1. The minimum atomic E-state index is -1.41. The minimum absolute atomic E-state index is 0.170. The highest BCUT2D eigenvalue weighted by atomic mass is 16.7. The summed E-state index contributed by atoms with van der Waals surface area (Å²) in [6, 6.07) is 0. The molecule has 1 heterocycles. The molecule has 1 rings (SSSR count). The molecule has 6 nitrogen and oxygen atoms in total. The molecular weight excluding hydrogens is 180 g/mol. The molecule has 0 spiro atoms. The van der Waals surface area contributed by atoms with Crippen LogP contribution in [0.5, 0.6) is 0 Å². The van der Waals surface area contributed by atoms with Crippen LogP contribution < -0.4 is 0 Å². The third-order valence-corrected chi connectivity index (χ3v) is 1.74. The van der Waals surface area contributed by atoms with Gasteiger partial charge in [-0.2, -0.15) is 0 Å². The fourth-order valence-corrected chi connectivity index (χ4v) is 1.05. The van der Waals surface area contributed by atoms with Crippen molar-refractivity contribution in [1.29, 1.82) is 0 Å². The molecule has 1 fully saturated rings. The number of aliphatic hydroxyl groups is 3. The quantitative estimate of drug-likeness (QED) is 0.415. The first-order chi connectivity index (χ1) is 6.02. The first kappa shape index (κ1) is 10.4. The zero-order valence-corrected chi connectivity index (χ0v) is 7.08. The predicted molar refractivity (Wildman–Crippen MR) is 39.5 cm³/mol. The highest BCUT2D eigenvalue weighted by Gasteiger charge is 2.39. The van der Waals surface area contributed by atoms with Gasteiger partial charge in [0, 0.05) is 6.92 Å². The van der Waals surface area contributed by atoms with Crippen LogP contribution >= 0.6 is 0 Å². The van der Waals surface area contributed by atoms with E-state index in [-0.39, 0.29) is 6.61 Å². The van der Waals surface area contributed by atoms with E-state index in [1.807, 2.05) is 0 Å². The molecule has 0 aromatic carbocycles. The molecule has 4 atom stereocenters. The van der Waals surface area contributed by atoms with Gasteiger partial charge < -0.3 is 24.8 Å². The maximum Gasteiger partial charge on any atom is 0.305 e. The van der Waals surface area contributed by atoms with Gasteiger partial charge in [0.2, 0.25) is 6.29 Å². The van der Waals surface area contributed by atoms with Crippen LogP contribution in [-0.4, -0.2) is 52.5 Å². The molecule has 0 amide bonds. The summed E-state index contributed by atoms with van der Waals surface area (Å²) >= 11 is 0. The van der Waals surface area contributed by atoms with Crippen molar-refractivity contribution in [2.45, 2.75) is 31.5 Å². The summed E-state index contributed by atoms with van der Waals surface area (Å²) < 4.78 is 9.32. The fraction of sp³-hybridized carbons (Fsp3) is 0.857. The van der Waals surface area contributed by atoms with Crippen LogP contribution in [0.25, 0.3) is 0 Å². The summed E-state index contributed by atoms with van der Waals surface area (Å²) in [4.78, 5) is 10.5. The van der Waals surface area contributed by atoms with Crippen molar-refractivity contribution in [3.05, 3.63) is 0 Å². The first-order valence-corrected chi connectivity index (χ1v) is 3.85. The van der Waals surface area contributed by atoms with Gasteiger partial charge >= 0.3 is 5.97 Å². The van der Waals surface area contributed by atoms with Gasteiger partial charge in [-0.3, -0.25) is 4.79 Å². The Morgan fingerprint density at radius 3 is 2.54 bits per heavy atom. The van der Waals surface area contributed by atoms with Crippen molar-refractivity contribution in [3.8, 4) is 0 Å². The Morgan fingerprint density at radius 2 is 2.00 bits per heavy atom. The normalized spacial score (nSPS) is 40.0. The summed E-state index contributed by atoms with van der Waals surface area (Å²) in [5, 5.41) is 27.4. The summed E-state index contributed by atoms with van der Waals surface area (Å²) in [5.41, 5.74) is 0. The van der Waals surface area contributed by atoms with Crippen LogP contribution in [-0.2, 0) is 14.3 Å². The van der Waals surface area contributed by atoms with Crippen molar-refractivity contribution >= 4 is 5.97 Å². The number of aliphatic hydroxyl groups excluding tert-OH is 3. The lowest BCUT2D eigenvalue weighted by atomic mass is 10.1. The third kappa shape index (κ3) is 2.38. The van der Waals surface area contributed by atoms with Gasteiger partial charge in [-0.05, 0) is 0 Å². The van der Waals surface area contributed by atoms with Crippen molar-refractivity contribution in [1.82, 2.24) is 0 Å². The van der Waals surface area contributed by atoms with Crippen LogP contribution in [0.4, 0.5) is 0 Å². The van der Waals surface area contributed by atoms with Crippen LogP contribution in [0, 0.1) is 0 Å². The Hall–Kier alpha value is -0.690. The summed E-state index contributed by atoms with van der Waals surface area (Å²) in [5.74, 6) is -0.618. The molecule has 1 aliphatic rings. The highest BCUT2D eigenvalue weighted by molar-refractivity contribution is 5.66. The molecule has 0 bridgehead atoms. The second kappa shape index (κ2) is 4.01. The zero-order chi connectivity index (χ0) is 10.0. The van der Waals surface area contributed by atoms with Gasteiger partial charge in [-0.15, -0.1) is 0 Å². The van der Waals surface area contributed by atoms with Crippen molar-refractivity contribution in [2.24, 2.45) is 0 Å². The van der Waals surface area contributed by atoms with E-state index in [0.717, 1.165) is 6.92 Å². The van der Waals surface area contributed by atoms with E-state index >= 15 is 0 Å². The number of carbonyl (C=O) groups excluding carboxylic acids is 1. The number of hydrogen-bond donors (Lipinski definition) is 3. The van der Waals surface area contributed by atoms with Gasteiger partial charge in [0.15, 0.2) is 0 Å². The van der Waals surface area contributed by atoms with E-state index in [4.69, 9.17) is 14.9 Å². The van der Waals surface area contributed by atoms with E-state index in [1.54, 1.807) is 0 Å². The average Bonchev–Trinajstić information content (AvgIpc) is 2.06. The largest absolute Gasteiger partial charge is 0.433 e. The molecule has 0 aromatic rings. The number of esters is 1. The van der Waals surface area contributed by atoms with Gasteiger partial charge in [-0.1, -0.05) is 0 Å². The second-order valence-electron chi connectivity index (χ2n) is 2.86. The summed E-state index contributed by atoms with van der Waals surface area (Å²) in [7, 11) is 0. The molecule has 0 radical (unpaired) electrons. The van der Waals surface area contributed by atoms with Gasteiger partial charge in [-0.25, -0.2) is 0 Å². The molecule has 76 valence electrons. The molecule has 1 aliphatic heterocycles. The highest BCUT2D eigenvalue weighted by Crippen LogP contribution is 2.16. The number of hydrogen-bond acceptors (Lipinski definition) is 6. The maximum atomic E-state index is 10.5. The molecule has 13 heavy (non-hydrogen) atoms. The lowest BCUT2D eigenvalue weighted by molar-refractivity contribution is -0.261. The van der Waals surface area contributed by atoms with Gasteiger partial charge in [0.05, 0.1) is 6.61 Å². The fourth-order valence-electron chi connectivity index (χ4n) is 1.05. The molecular formula is C7H12O6. The van der Waals surface area contributed by atoms with Gasteiger partial charge in [0.25, 0.3) is 0 Å². The lowest BCUT2D eigenvalue weighted by Crippen LogP contribution is -2.54. The van der Waals surface area contributed by atoms with Crippen LogP contribution in [0.2, 0.25) is 0 Å². The van der Waals surface area contributed by atoms with Gasteiger partial charge in [0.1, 0.15) is 18.3 Å². The van der Waals surface area contributed by atoms with Crippen molar-refractivity contribution in [2.75, 3.05) is 6.61 Å². The SMILES string of the molecule is CC(=O)O[C@@H]1OC[C@@H](O)[C@@H](O)[C@H]1O. The smallest absolute Gasteiger partial charge is 0.305 e. The maximum absolute atomic E-state index is 10.5. The molecule has 0 saturated carbocycles. The molecule has 0 aromatic heterocycles. The molecule has 0 unspecified atom stereocenters. The average molecular weight is 192 g/mol. The van der Waals surface area contributed by atoms with E-state index in [2.05, 4.69) is 4.74 Å². The van der Waals surface area contributed by atoms with E-state index in [1.165, 1.54) is 0 Å². The van der Waals surface area contributed by atoms with E-state index in [9.17, 15) is 9.90 Å². The van der Waals surface area contributed by atoms with E-state index in [0.29, 0.717) is 0 Å². The summed E-state index contributed by atoms with van der Waals surface area (Å²) in [6.07, 6.45) is -5.11. The Balaban J connectivity index is 2.53. The van der Waals surface area contributed by atoms with E-state index < -0.39 is 30.6 Å². The van der Waals surface area contributed by atoms with Crippen LogP contribution in [0.1, 0.15) is 6.92 Å². The summed E-state index contributed by atoms with van der Waals surface area (Å²) in [6.45, 7) is 0.990. The molecule has 3 N–H and O–H groups in total. The Morgan fingerprint density at radius 1 is 1.38 bits per heavy atom. The number of ether oxygens (including phenoxy) is 2. The molecule has 0 aliphatic carbocycles. The Labute approximate surface area is 74.7 Å². The topological polar surface area (TPSA) is 96.2 Å². The third-order valence-electron chi connectivity index (χ3n) is 1.74. The zero-order valence-electron chi connectivity index (χ0n) is 7.08. The second-order valence-corrected chi connectivity index (χ2v) is 2.86. The van der Waals surface area contributed by atoms with Crippen molar-refractivity contribution < 1.29 is 29.6 Å². The first-order valence-electron chi connectivity index (χ1n) is 3.85. The van der Waals surface area contributed by atoms with Crippen molar-refractivity contribution in [3.63, 3.8) is 0 Å². The Kier molecular flexibility index (Phi) is 3.21. The predicted octanol–water partition coefficient (Wildman–Crippen LogP) is -2.01. The molecule has 6 heteroatoms. The number of carbonyl (C=O) groups is 1. The lowest BCUT2D eigenvalue weighted by Gasteiger charge is -2.34. The monoisotopic (exact) mass is 192 g/mol. The molecule has 1 saturated heterocycles. The minimum Gasteiger partial charge on any atom is -0.433 e. The number of rotatable bonds is 1. The Bertz CT molecular complexity index is 193.